The molecule has 0 saturated heterocycles. The van der Waals surface area contributed by atoms with Crippen molar-refractivity contribution in [1.82, 2.24) is 4.98 Å². The number of aromatic amines is 1. The molecule has 0 aliphatic rings. The number of aromatic nitrogens is 1. The summed E-state index contributed by atoms with van der Waals surface area (Å²) in [5.41, 5.74) is 0.207. The van der Waals surface area contributed by atoms with E-state index >= 15 is 0 Å². The summed E-state index contributed by atoms with van der Waals surface area (Å²) in [6, 6.07) is 3.01. The summed E-state index contributed by atoms with van der Waals surface area (Å²) in [6.45, 7) is 1.53. The fraction of sp³-hybridized carbons (Fsp3) is 0.300. The highest BCUT2D eigenvalue weighted by Gasteiger charge is 2.12. The van der Waals surface area contributed by atoms with Gasteiger partial charge in [-0.3, -0.25) is 9.59 Å². The minimum atomic E-state index is -0.482. The number of ketones is 1. The summed E-state index contributed by atoms with van der Waals surface area (Å²) in [7, 11) is 1.41. The zero-order valence-electron chi connectivity index (χ0n) is 8.46. The van der Waals surface area contributed by atoms with E-state index in [9.17, 15) is 9.59 Å². The zero-order chi connectivity index (χ0) is 11.4. The van der Waals surface area contributed by atoms with Gasteiger partial charge in [-0.2, -0.15) is 5.26 Å². The third-order valence-electron chi connectivity index (χ3n) is 1.93. The Morgan fingerprint density at radius 2 is 2.33 bits per heavy atom. The van der Waals surface area contributed by atoms with Crippen molar-refractivity contribution in [3.05, 3.63) is 33.2 Å². The molecular formula is C10H10N2O3. The number of methoxy groups -OCH3 is 1. The van der Waals surface area contributed by atoms with Crippen molar-refractivity contribution in [2.24, 2.45) is 0 Å². The lowest BCUT2D eigenvalue weighted by atomic mass is 10.1. The number of nitrogens with one attached hydrogen (secondary N) is 1. The van der Waals surface area contributed by atoms with Crippen LogP contribution in [0.25, 0.3) is 0 Å². The quantitative estimate of drug-likeness (QED) is 0.725. The second-order valence-electron chi connectivity index (χ2n) is 3.02. The van der Waals surface area contributed by atoms with Gasteiger partial charge in [0.05, 0.1) is 0 Å². The number of pyridine rings is 1. The van der Waals surface area contributed by atoms with Crippen LogP contribution in [0.2, 0.25) is 0 Å². The molecule has 0 aliphatic heterocycles. The van der Waals surface area contributed by atoms with Gasteiger partial charge >= 0.3 is 0 Å². The molecule has 1 aromatic heterocycles. The molecule has 0 bridgehead atoms. The second kappa shape index (κ2) is 4.53. The Morgan fingerprint density at radius 1 is 1.67 bits per heavy atom. The molecule has 0 unspecified atom stereocenters. The van der Waals surface area contributed by atoms with Gasteiger partial charge in [0.25, 0.3) is 5.56 Å². The third-order valence-corrected chi connectivity index (χ3v) is 1.93. The smallest absolute Gasteiger partial charge is 0.266 e. The normalized spacial score (nSPS) is 9.67. The van der Waals surface area contributed by atoms with E-state index in [-0.39, 0.29) is 18.0 Å². The lowest BCUT2D eigenvalue weighted by molar-refractivity contribution is 0.0847. The van der Waals surface area contributed by atoms with Crippen molar-refractivity contribution >= 4 is 5.78 Å². The maximum absolute atomic E-state index is 11.5. The number of nitriles is 1. The molecule has 15 heavy (non-hydrogen) atoms. The molecule has 0 spiro atoms. The Balaban J connectivity index is 3.26. The zero-order valence-corrected chi connectivity index (χ0v) is 8.46. The molecule has 0 aliphatic carbocycles. The van der Waals surface area contributed by atoms with E-state index in [0.717, 1.165) is 0 Å². The van der Waals surface area contributed by atoms with Gasteiger partial charge in [-0.05, 0) is 13.0 Å². The number of hydrogen-bond acceptors (Lipinski definition) is 4. The Morgan fingerprint density at radius 3 is 2.87 bits per heavy atom. The van der Waals surface area contributed by atoms with Crippen LogP contribution >= 0.6 is 0 Å². The van der Waals surface area contributed by atoms with Crippen LogP contribution < -0.4 is 5.56 Å². The topological polar surface area (TPSA) is 82.9 Å². The minimum Gasteiger partial charge on any atom is -0.377 e. The van der Waals surface area contributed by atoms with E-state index < -0.39 is 5.56 Å². The van der Waals surface area contributed by atoms with Gasteiger partial charge in [-0.1, -0.05) is 0 Å². The van der Waals surface area contributed by atoms with Gasteiger partial charge in [0, 0.05) is 18.4 Å². The van der Waals surface area contributed by atoms with E-state index in [4.69, 9.17) is 10.00 Å². The average molecular weight is 206 g/mol. The number of carbonyl (C=O) groups excluding carboxylic acids is 1. The van der Waals surface area contributed by atoms with E-state index in [0.29, 0.717) is 11.3 Å². The average Bonchev–Trinajstić information content (AvgIpc) is 2.18. The molecule has 0 amide bonds. The van der Waals surface area contributed by atoms with Crippen LogP contribution in [-0.4, -0.2) is 24.5 Å². The van der Waals surface area contributed by atoms with Crippen molar-refractivity contribution in [3.63, 3.8) is 0 Å². The van der Waals surface area contributed by atoms with Crippen LogP contribution in [0.1, 0.15) is 21.6 Å². The molecule has 78 valence electrons. The predicted molar refractivity (Wildman–Crippen MR) is 52.7 cm³/mol. The number of carbonyl (C=O) groups is 1. The fourth-order valence-corrected chi connectivity index (χ4v) is 1.20. The first kappa shape index (κ1) is 11.1. The first-order valence-electron chi connectivity index (χ1n) is 4.26. The largest absolute Gasteiger partial charge is 0.377 e. The predicted octanol–water partition coefficient (Wildman–Crippen LogP) is 0.384. The fourth-order valence-electron chi connectivity index (χ4n) is 1.20. The van der Waals surface area contributed by atoms with Crippen molar-refractivity contribution in [1.29, 1.82) is 5.26 Å². The van der Waals surface area contributed by atoms with Crippen LogP contribution in [-0.2, 0) is 4.74 Å². The van der Waals surface area contributed by atoms with Crippen LogP contribution in [0, 0.1) is 18.3 Å². The van der Waals surface area contributed by atoms with Gasteiger partial charge in [-0.25, -0.2) is 0 Å². The number of hydrogen-bond donors (Lipinski definition) is 1. The van der Waals surface area contributed by atoms with Gasteiger partial charge in [-0.15, -0.1) is 0 Å². The van der Waals surface area contributed by atoms with Crippen molar-refractivity contribution in [2.45, 2.75) is 6.92 Å². The van der Waals surface area contributed by atoms with Crippen LogP contribution in [0.3, 0.4) is 0 Å². The van der Waals surface area contributed by atoms with Gasteiger partial charge in [0.2, 0.25) is 0 Å². The Bertz CT molecular complexity index is 482. The summed E-state index contributed by atoms with van der Waals surface area (Å²) in [6.07, 6.45) is 0. The molecular weight excluding hydrogens is 196 g/mol. The molecule has 0 fully saturated rings. The molecule has 0 saturated carbocycles. The van der Waals surface area contributed by atoms with Crippen LogP contribution in [0.15, 0.2) is 10.9 Å². The maximum Gasteiger partial charge on any atom is 0.266 e. The number of H-pyrrole nitrogens is 1. The summed E-state index contributed by atoms with van der Waals surface area (Å²) in [5, 5.41) is 8.63. The molecule has 1 rings (SSSR count). The molecule has 1 heterocycles. The first-order chi connectivity index (χ1) is 7.10. The summed E-state index contributed by atoms with van der Waals surface area (Å²) in [4.78, 5) is 25.1. The van der Waals surface area contributed by atoms with Gasteiger partial charge < -0.3 is 9.72 Å². The highest BCUT2D eigenvalue weighted by atomic mass is 16.5. The lowest BCUT2D eigenvalue weighted by Gasteiger charge is -2.03. The number of rotatable bonds is 3. The van der Waals surface area contributed by atoms with Gasteiger partial charge in [0.15, 0.2) is 5.78 Å². The maximum atomic E-state index is 11.5. The molecule has 5 heteroatoms. The molecule has 1 aromatic rings. The minimum absolute atomic E-state index is 0.0694. The first-order valence-corrected chi connectivity index (χ1v) is 4.26. The Labute approximate surface area is 86.3 Å². The van der Waals surface area contributed by atoms with Crippen molar-refractivity contribution in [3.8, 4) is 6.07 Å². The van der Waals surface area contributed by atoms with Gasteiger partial charge in [0.1, 0.15) is 18.2 Å². The van der Waals surface area contributed by atoms with Crippen molar-refractivity contribution in [2.75, 3.05) is 13.7 Å². The van der Waals surface area contributed by atoms with Crippen LogP contribution in [0.4, 0.5) is 0 Å². The van der Waals surface area contributed by atoms with Crippen molar-refractivity contribution < 1.29 is 9.53 Å². The highest BCUT2D eigenvalue weighted by Crippen LogP contribution is 2.05. The van der Waals surface area contributed by atoms with E-state index in [1.54, 1.807) is 13.0 Å². The molecule has 5 nitrogen and oxygen atoms in total. The number of nitrogens with zero attached hydrogens (tertiary/aromatic N) is 1. The number of ether oxygens (including phenoxy) is 1. The molecule has 0 radical (unpaired) electrons. The molecule has 0 atom stereocenters. The Kier molecular flexibility index (Phi) is 3.37. The highest BCUT2D eigenvalue weighted by molar-refractivity contribution is 5.98. The second-order valence-corrected chi connectivity index (χ2v) is 3.02. The Hall–Kier alpha value is -1.93. The van der Waals surface area contributed by atoms with E-state index in [2.05, 4.69) is 4.98 Å². The van der Waals surface area contributed by atoms with E-state index in [1.807, 2.05) is 0 Å². The summed E-state index contributed by atoms with van der Waals surface area (Å²) in [5.74, 6) is -0.261. The van der Waals surface area contributed by atoms with Crippen LogP contribution in [0.5, 0.6) is 0 Å². The number of aryl methyl sites for hydroxylation is 1. The molecule has 0 aromatic carbocycles. The SMILES string of the molecule is COCC(=O)c1cc(C#N)c(=O)[nH]c1C. The monoisotopic (exact) mass is 206 g/mol. The summed E-state index contributed by atoms with van der Waals surface area (Å²) < 4.78 is 4.69. The summed E-state index contributed by atoms with van der Waals surface area (Å²) >= 11 is 0. The third kappa shape index (κ3) is 2.30. The standard InChI is InChI=1S/C10H10N2O3/c1-6-8(9(13)5-15-2)3-7(4-11)10(14)12-6/h3H,5H2,1-2H3,(H,12,14). The number of Topliss-reactive ketones (excluding diaryl/α,β-unsaturated/α-hetero) is 1. The lowest BCUT2D eigenvalue weighted by Crippen LogP contribution is -2.17. The molecule has 1 N–H and O–H groups in total. The van der Waals surface area contributed by atoms with E-state index in [1.165, 1.54) is 13.2 Å².